The van der Waals surface area contributed by atoms with Crippen LogP contribution in [0.5, 0.6) is 0 Å². The highest BCUT2D eigenvalue weighted by Crippen LogP contribution is 2.17. The molecule has 9 heteroatoms. The summed E-state index contributed by atoms with van der Waals surface area (Å²) >= 11 is 0. The van der Waals surface area contributed by atoms with Crippen molar-refractivity contribution < 1.29 is 9.90 Å². The number of H-pyrrole nitrogens is 2. The quantitative estimate of drug-likeness (QED) is 0.553. The number of hydrogen-bond donors (Lipinski definition) is 4. The van der Waals surface area contributed by atoms with Gasteiger partial charge in [-0.25, -0.2) is 14.6 Å². The molecule has 2 heterocycles. The summed E-state index contributed by atoms with van der Waals surface area (Å²) in [4.78, 5) is 43.9. The van der Waals surface area contributed by atoms with Crippen molar-refractivity contribution in [1.82, 2.24) is 24.8 Å². The molecule has 0 spiro atoms. The number of hydrogen-bond acceptors (Lipinski definition) is 4. The number of carboxylic acid groups (broad SMARTS) is 1. The second kappa shape index (κ2) is 6.03. The number of nitrogens with one attached hydrogen (secondary N) is 3. The number of imidazole rings is 1. The first kappa shape index (κ1) is 15.5. The fourth-order valence-corrected chi connectivity index (χ4v) is 2.50. The zero-order valence-corrected chi connectivity index (χ0v) is 12.7. The normalized spacial score (nSPS) is 12.2. The third kappa shape index (κ3) is 2.91. The summed E-state index contributed by atoms with van der Waals surface area (Å²) < 4.78 is 1.19. The van der Waals surface area contributed by atoms with Gasteiger partial charge in [0.15, 0.2) is 5.65 Å². The number of aromatic nitrogens is 4. The molecule has 3 rings (SSSR count). The minimum absolute atomic E-state index is 0.123. The van der Waals surface area contributed by atoms with Gasteiger partial charge in [-0.15, -0.1) is 0 Å². The van der Waals surface area contributed by atoms with E-state index in [-0.39, 0.29) is 17.0 Å². The molecule has 1 aromatic carbocycles. The smallest absolute Gasteiger partial charge is 0.405 e. The highest BCUT2D eigenvalue weighted by Gasteiger charge is 2.20. The Hall–Kier alpha value is -3.36. The molecule has 1 amide bonds. The number of rotatable bonds is 4. The average Bonchev–Trinajstić information content (AvgIpc) is 2.99. The van der Waals surface area contributed by atoms with Crippen molar-refractivity contribution in [3.63, 3.8) is 0 Å². The van der Waals surface area contributed by atoms with Crippen LogP contribution in [0.3, 0.4) is 0 Å². The molecule has 0 fully saturated rings. The van der Waals surface area contributed by atoms with E-state index in [9.17, 15) is 14.4 Å². The van der Waals surface area contributed by atoms with Crippen LogP contribution in [0.25, 0.3) is 11.2 Å². The van der Waals surface area contributed by atoms with Gasteiger partial charge >= 0.3 is 11.8 Å². The summed E-state index contributed by atoms with van der Waals surface area (Å²) in [6.45, 7) is 0. The molecule has 0 saturated carbocycles. The van der Waals surface area contributed by atoms with Crippen molar-refractivity contribution in [1.29, 1.82) is 0 Å². The molecule has 24 heavy (non-hydrogen) atoms. The van der Waals surface area contributed by atoms with Crippen LogP contribution in [0, 0.1) is 0 Å². The lowest BCUT2D eigenvalue weighted by atomic mass is 10.1. The molecule has 9 nitrogen and oxygen atoms in total. The number of carbonyl (C=O) groups is 1. The number of benzene rings is 1. The zero-order valence-electron chi connectivity index (χ0n) is 12.7. The highest BCUT2D eigenvalue weighted by atomic mass is 16.4. The number of aryl methyl sites for hydroxylation is 1. The molecule has 0 saturated heterocycles. The van der Waals surface area contributed by atoms with E-state index < -0.39 is 23.4 Å². The van der Waals surface area contributed by atoms with Crippen LogP contribution in [-0.2, 0) is 13.5 Å². The molecule has 2 aromatic heterocycles. The third-order valence-corrected chi connectivity index (χ3v) is 3.68. The molecule has 1 unspecified atom stereocenters. The van der Waals surface area contributed by atoms with Gasteiger partial charge in [-0.3, -0.25) is 14.3 Å². The van der Waals surface area contributed by atoms with Gasteiger partial charge < -0.3 is 15.4 Å². The SMILES string of the molecule is Cn1c(=O)[nH]c(=O)c2[nH]c(C(Cc3ccccc3)NC(=O)O)nc21. The molecule has 124 valence electrons. The van der Waals surface area contributed by atoms with Crippen molar-refractivity contribution in [2.24, 2.45) is 7.05 Å². The van der Waals surface area contributed by atoms with Crippen LogP contribution in [0.4, 0.5) is 4.79 Å². The monoisotopic (exact) mass is 329 g/mol. The minimum Gasteiger partial charge on any atom is -0.465 e. The summed E-state index contributed by atoms with van der Waals surface area (Å²) in [6.07, 6.45) is -0.863. The topological polar surface area (TPSA) is 133 Å². The van der Waals surface area contributed by atoms with Crippen LogP contribution in [-0.4, -0.2) is 30.7 Å². The van der Waals surface area contributed by atoms with Gasteiger partial charge in [0.05, 0.1) is 6.04 Å². The van der Waals surface area contributed by atoms with Crippen molar-refractivity contribution in [3.05, 3.63) is 62.6 Å². The van der Waals surface area contributed by atoms with Crippen LogP contribution in [0.2, 0.25) is 0 Å². The maximum atomic E-state index is 11.9. The summed E-state index contributed by atoms with van der Waals surface area (Å²) in [5.41, 5.74) is 0.0119. The molecule has 1 atom stereocenters. The van der Waals surface area contributed by atoms with Crippen LogP contribution in [0.1, 0.15) is 17.4 Å². The van der Waals surface area contributed by atoms with Crippen molar-refractivity contribution in [2.45, 2.75) is 12.5 Å². The number of fused-ring (bicyclic) bond motifs is 1. The van der Waals surface area contributed by atoms with Crippen LogP contribution >= 0.6 is 0 Å². The Bertz CT molecular complexity index is 1000. The van der Waals surface area contributed by atoms with E-state index in [1.807, 2.05) is 30.3 Å². The fourth-order valence-electron chi connectivity index (χ4n) is 2.50. The summed E-state index contributed by atoms with van der Waals surface area (Å²) in [5, 5.41) is 11.5. The van der Waals surface area contributed by atoms with E-state index in [2.05, 4.69) is 20.3 Å². The Kier molecular flexibility index (Phi) is 3.90. The first-order valence-corrected chi connectivity index (χ1v) is 7.18. The van der Waals surface area contributed by atoms with Crippen molar-refractivity contribution in [2.75, 3.05) is 0 Å². The summed E-state index contributed by atoms with van der Waals surface area (Å²) in [6, 6.07) is 8.59. The van der Waals surface area contributed by atoms with E-state index in [1.165, 1.54) is 11.6 Å². The number of amides is 1. The lowest BCUT2D eigenvalue weighted by Crippen LogP contribution is -2.29. The zero-order chi connectivity index (χ0) is 17.3. The standard InChI is InChI=1S/C15H15N5O4/c1-20-12-10(13(21)19-14(20)22)17-11(18-12)9(16-15(23)24)7-8-5-3-2-4-6-8/h2-6,9,16H,7H2,1H3,(H,17,18)(H,23,24)(H,19,21,22). The van der Waals surface area contributed by atoms with Gasteiger partial charge in [-0.2, -0.15) is 0 Å². The van der Waals surface area contributed by atoms with Gasteiger partial charge in [0.25, 0.3) is 5.56 Å². The predicted octanol–water partition coefficient (Wildman–Crippen LogP) is 0.501. The Labute approximate surface area is 135 Å². The Balaban J connectivity index is 2.07. The van der Waals surface area contributed by atoms with Gasteiger partial charge in [0.2, 0.25) is 0 Å². The molecule has 0 bridgehead atoms. The molecule has 4 N–H and O–H groups in total. The van der Waals surface area contributed by atoms with Crippen LogP contribution < -0.4 is 16.6 Å². The molecule has 0 aliphatic heterocycles. The number of aromatic amines is 2. The largest absolute Gasteiger partial charge is 0.465 e. The van der Waals surface area contributed by atoms with Crippen molar-refractivity contribution >= 4 is 17.3 Å². The van der Waals surface area contributed by atoms with Gasteiger partial charge in [-0.05, 0) is 5.56 Å². The molecule has 0 radical (unpaired) electrons. The van der Waals surface area contributed by atoms with E-state index in [1.54, 1.807) is 0 Å². The first-order chi connectivity index (χ1) is 11.5. The minimum atomic E-state index is -1.21. The lowest BCUT2D eigenvalue weighted by molar-refractivity contribution is 0.189. The van der Waals surface area contributed by atoms with E-state index in [0.29, 0.717) is 6.42 Å². The fraction of sp³-hybridized carbons (Fsp3) is 0.200. The highest BCUT2D eigenvalue weighted by molar-refractivity contribution is 5.70. The average molecular weight is 329 g/mol. The molecule has 3 aromatic rings. The third-order valence-electron chi connectivity index (χ3n) is 3.68. The van der Waals surface area contributed by atoms with E-state index in [4.69, 9.17) is 5.11 Å². The maximum Gasteiger partial charge on any atom is 0.405 e. The Morgan fingerprint density at radius 1 is 1.29 bits per heavy atom. The second-order valence-electron chi connectivity index (χ2n) is 5.33. The van der Waals surface area contributed by atoms with Crippen LogP contribution in [0.15, 0.2) is 39.9 Å². The molecule has 0 aliphatic rings. The van der Waals surface area contributed by atoms with E-state index >= 15 is 0 Å². The van der Waals surface area contributed by atoms with Gasteiger partial charge in [0, 0.05) is 13.5 Å². The van der Waals surface area contributed by atoms with E-state index in [0.717, 1.165) is 5.56 Å². The predicted molar refractivity (Wildman–Crippen MR) is 86.0 cm³/mol. The second-order valence-corrected chi connectivity index (χ2v) is 5.33. The number of nitrogens with zero attached hydrogens (tertiary/aromatic N) is 2. The molecule has 0 aliphatic carbocycles. The molecular formula is C15H15N5O4. The van der Waals surface area contributed by atoms with Crippen molar-refractivity contribution in [3.8, 4) is 0 Å². The molecular weight excluding hydrogens is 314 g/mol. The first-order valence-electron chi connectivity index (χ1n) is 7.18. The maximum absolute atomic E-state index is 11.9. The lowest BCUT2D eigenvalue weighted by Gasteiger charge is -2.14. The summed E-state index contributed by atoms with van der Waals surface area (Å²) in [5.74, 6) is 0.267. The Morgan fingerprint density at radius 2 is 2.00 bits per heavy atom. The Morgan fingerprint density at radius 3 is 2.67 bits per heavy atom. The van der Waals surface area contributed by atoms with Gasteiger partial charge in [0.1, 0.15) is 11.3 Å². The van der Waals surface area contributed by atoms with Gasteiger partial charge in [-0.1, -0.05) is 30.3 Å². The summed E-state index contributed by atoms with van der Waals surface area (Å²) in [7, 11) is 1.47.